The Morgan fingerprint density at radius 3 is 1.52 bits per heavy atom. The summed E-state index contributed by atoms with van der Waals surface area (Å²) in [5.74, 6) is -6.81. The normalized spacial score (nSPS) is 12.7. The van der Waals surface area contributed by atoms with Crippen molar-refractivity contribution in [2.45, 2.75) is 148 Å². The number of aromatic nitrogens is 1. The van der Waals surface area contributed by atoms with Gasteiger partial charge in [0.2, 0.25) is 17.8 Å². The van der Waals surface area contributed by atoms with Crippen LogP contribution in [-0.4, -0.2) is 77.6 Å². The quantitative estimate of drug-likeness (QED) is 0.00901. The number of carbonyl (C=O) groups excluding carboxylic acids is 8. The number of Topliss-reactive ketones (excluding diaryl/α,β-unsaturated/α-hetero) is 2. The van der Waals surface area contributed by atoms with Gasteiger partial charge in [-0.1, -0.05) is 183 Å². The lowest BCUT2D eigenvalue weighted by molar-refractivity contribution is -0.152. The summed E-state index contributed by atoms with van der Waals surface area (Å²) < 4.78 is 63.0. The molecule has 4 atom stereocenters. The summed E-state index contributed by atoms with van der Waals surface area (Å²) in [5.41, 5.74) is 3.83. The first-order chi connectivity index (χ1) is 44.6. The fourth-order valence-electron chi connectivity index (χ4n) is 9.64. The van der Waals surface area contributed by atoms with Gasteiger partial charge in [0.1, 0.15) is 38.3 Å². The van der Waals surface area contributed by atoms with Crippen LogP contribution >= 0.6 is 19.2 Å². The zero-order valence-corrected chi connectivity index (χ0v) is 53.4. The smallest absolute Gasteiger partial charge is 0.331 e. The van der Waals surface area contributed by atoms with Gasteiger partial charge in [0, 0.05) is 56.8 Å². The minimum atomic E-state index is -4.24. The van der Waals surface area contributed by atoms with Crippen LogP contribution in [0.5, 0.6) is 0 Å². The molecule has 0 saturated carbocycles. The zero-order valence-electron chi connectivity index (χ0n) is 51.8. The van der Waals surface area contributed by atoms with Crippen LogP contribution in [0.15, 0.2) is 164 Å². The third-order valence-electron chi connectivity index (χ3n) is 14.9. The summed E-state index contributed by atoms with van der Waals surface area (Å²) in [6.07, 6.45) is 5.01. The highest BCUT2D eigenvalue weighted by Crippen LogP contribution is 2.51. The van der Waals surface area contributed by atoms with Gasteiger partial charge >= 0.3 is 31.5 Å². The van der Waals surface area contributed by atoms with E-state index < -0.39 is 67.4 Å². The minimum Gasteiger partial charge on any atom is -0.461 e. The van der Waals surface area contributed by atoms with Gasteiger partial charge in [-0.05, 0) is 85.3 Å². The summed E-state index contributed by atoms with van der Waals surface area (Å²) in [5, 5.41) is 5.45. The van der Waals surface area contributed by atoms with Crippen LogP contribution in [0.2, 0.25) is 5.02 Å². The molecule has 5 aromatic carbocycles. The topological polar surface area (TPSA) is 246 Å². The molecule has 18 nitrogen and oxygen atoms in total. The first kappa shape index (κ1) is 72.8. The van der Waals surface area contributed by atoms with Crippen LogP contribution in [0, 0.1) is 17.8 Å². The number of unbranched alkanes of at least 4 members (excludes halogenated alkanes) is 5. The van der Waals surface area contributed by atoms with Gasteiger partial charge < -0.3 is 38.6 Å². The molecule has 1 heterocycles. The number of ether oxygens (including phenoxy) is 4. The Balaban J connectivity index is 1.03. The van der Waals surface area contributed by atoms with Crippen molar-refractivity contribution >= 4 is 66.5 Å². The van der Waals surface area contributed by atoms with Crippen molar-refractivity contribution in [2.24, 2.45) is 11.8 Å². The number of hydrogen-bond acceptors (Lipinski definition) is 16. The second-order valence-corrected chi connectivity index (χ2v) is 24.8. The second-order valence-electron chi connectivity index (χ2n) is 22.3. The maximum Gasteiger partial charge on any atom is 0.331 e. The molecule has 2 amide bonds. The Morgan fingerprint density at radius 2 is 0.967 bits per heavy atom. The van der Waals surface area contributed by atoms with E-state index in [2.05, 4.69) is 15.6 Å². The Labute approximate surface area is 542 Å². The molecule has 0 aliphatic carbocycles. The number of ketones is 2. The number of hydrogen-bond donors (Lipinski definition) is 2. The molecule has 1 aromatic heterocycles. The summed E-state index contributed by atoms with van der Waals surface area (Å²) in [4.78, 5) is 110. The molecule has 6 rings (SSSR count). The van der Waals surface area contributed by atoms with Crippen LogP contribution < -0.4 is 10.6 Å². The van der Waals surface area contributed by atoms with Crippen LogP contribution in [0.3, 0.4) is 0 Å². The van der Waals surface area contributed by atoms with Gasteiger partial charge in [-0.3, -0.25) is 38.1 Å². The number of nitrogens with zero attached hydrogens (tertiary/aromatic N) is 1. The number of nitrogens with one attached hydrogen (secondary N) is 2. The molecular formula is C71H82ClFN3O15P. The summed E-state index contributed by atoms with van der Waals surface area (Å²) in [7, 11) is -4.24. The van der Waals surface area contributed by atoms with Crippen LogP contribution in [0.4, 0.5) is 4.39 Å². The van der Waals surface area contributed by atoms with E-state index in [0.717, 1.165) is 24.0 Å². The van der Waals surface area contributed by atoms with Crippen molar-refractivity contribution < 1.29 is 75.3 Å². The maximum absolute atomic E-state index is 15.0. The summed E-state index contributed by atoms with van der Waals surface area (Å²) in [6.45, 7) is -0.237. The molecular weight excluding hydrogens is 1220 g/mol. The molecule has 0 aliphatic heterocycles. The Bertz CT molecular complexity index is 3300. The van der Waals surface area contributed by atoms with Gasteiger partial charge in [-0.2, -0.15) is 4.39 Å². The van der Waals surface area contributed by atoms with E-state index in [1.54, 1.807) is 97.1 Å². The number of esters is 4. The monoisotopic (exact) mass is 1300 g/mol. The fourth-order valence-corrected chi connectivity index (χ4v) is 11.7. The fraction of sp³-hybridized carbons (Fsp3) is 0.394. The molecule has 0 fully saturated rings. The van der Waals surface area contributed by atoms with Gasteiger partial charge in [-0.25, -0.2) is 9.78 Å². The van der Waals surface area contributed by atoms with E-state index in [0.29, 0.717) is 61.8 Å². The predicted octanol–water partition coefficient (Wildman–Crippen LogP) is 13.5. The van der Waals surface area contributed by atoms with E-state index in [4.69, 9.17) is 39.6 Å². The third-order valence-corrected chi connectivity index (χ3v) is 17.1. The van der Waals surface area contributed by atoms with Crippen molar-refractivity contribution in [1.29, 1.82) is 0 Å². The number of carbonyl (C=O) groups is 8. The average molecular weight is 1300 g/mol. The van der Waals surface area contributed by atoms with Gasteiger partial charge in [-0.15, -0.1) is 0 Å². The van der Waals surface area contributed by atoms with Crippen LogP contribution in [0.25, 0.3) is 0 Å². The Morgan fingerprint density at radius 1 is 0.489 bits per heavy atom. The molecule has 1 unspecified atom stereocenters. The predicted molar refractivity (Wildman–Crippen MR) is 344 cm³/mol. The van der Waals surface area contributed by atoms with Crippen molar-refractivity contribution in [2.75, 3.05) is 19.3 Å². The standard InChI is InChI=1S/C71H82ClFN3O15P/c72-62-45-60(46-75-68(62)73)64(78)36-20-1-2-21-37-65(79)74-42-22-8-19-34-61(77)44-58(69(82)87-48-54-26-11-4-12-27-54)38-40-66(80)76-63(71(84)89-50-56-30-15-6-16-31-56)35-23-43-90-92(85,91-51-57-32-17-7-18-33-57)52-59(70(83)88-49-55-28-13-5-14-29-55)39-41-67(81)86-47-53-24-9-3-10-25-53/h3-7,9-18,24-33,45-46,58-59,63H,1-2,8,19-23,34-44,47-52H2,(H,74,79)(H,76,80)/t58-,59-,63+,92?/m1/s1. The zero-order chi connectivity index (χ0) is 65.6. The minimum absolute atomic E-state index is 0.0172. The first-order valence-corrected chi connectivity index (χ1v) is 33.4. The highest BCUT2D eigenvalue weighted by Gasteiger charge is 2.35. The number of benzene rings is 5. The lowest BCUT2D eigenvalue weighted by Gasteiger charge is -2.24. The molecule has 0 saturated heterocycles. The van der Waals surface area contributed by atoms with E-state index in [-0.39, 0.29) is 125 Å². The Hall–Kier alpha value is -8.22. The van der Waals surface area contributed by atoms with Crippen molar-refractivity contribution in [3.05, 3.63) is 208 Å². The highest BCUT2D eigenvalue weighted by atomic mass is 35.5. The van der Waals surface area contributed by atoms with Crippen LogP contribution in [0.1, 0.15) is 147 Å². The number of rotatable bonds is 44. The molecule has 0 bridgehead atoms. The van der Waals surface area contributed by atoms with Gasteiger partial charge in [0.25, 0.3) is 0 Å². The second kappa shape index (κ2) is 41.3. The molecule has 0 radical (unpaired) electrons. The van der Waals surface area contributed by atoms with Crippen molar-refractivity contribution in [3.63, 3.8) is 0 Å². The van der Waals surface area contributed by atoms with Gasteiger partial charge in [0.05, 0.1) is 36.2 Å². The van der Waals surface area contributed by atoms with E-state index in [1.165, 1.54) is 12.3 Å². The van der Waals surface area contributed by atoms with E-state index >= 15 is 0 Å². The summed E-state index contributed by atoms with van der Waals surface area (Å²) in [6, 6.07) is 45.0. The highest BCUT2D eigenvalue weighted by molar-refractivity contribution is 7.53. The van der Waals surface area contributed by atoms with Crippen molar-refractivity contribution in [3.8, 4) is 0 Å². The summed E-state index contributed by atoms with van der Waals surface area (Å²) >= 11 is 5.74. The number of halogens is 2. The van der Waals surface area contributed by atoms with E-state index in [9.17, 15) is 47.3 Å². The van der Waals surface area contributed by atoms with Crippen molar-refractivity contribution in [1.82, 2.24) is 15.6 Å². The molecule has 21 heteroatoms. The largest absolute Gasteiger partial charge is 0.461 e. The van der Waals surface area contributed by atoms with Crippen LogP contribution in [-0.2, 0) is 99.2 Å². The first-order valence-electron chi connectivity index (χ1n) is 31.3. The lowest BCUT2D eigenvalue weighted by atomic mass is 9.94. The lowest BCUT2D eigenvalue weighted by Crippen LogP contribution is -2.42. The average Bonchev–Trinajstić information content (AvgIpc) is 1.19. The molecule has 2 N–H and O–H groups in total. The third kappa shape index (κ3) is 28.9. The molecule has 92 heavy (non-hydrogen) atoms. The maximum atomic E-state index is 15.0. The van der Waals surface area contributed by atoms with E-state index in [1.807, 2.05) is 54.6 Å². The molecule has 490 valence electrons. The SMILES string of the molecule is O=C(CCCCCNC(=O)CCCCCCC(=O)c1cnc(F)c(Cl)c1)C[C@@H](CCC(=O)N[C@@H](CCCOP(=O)(C[C@@H](CCC(=O)OCc1ccccc1)C(=O)OCc1ccccc1)OCc1ccccc1)C(=O)OCc1ccccc1)C(=O)OCc1ccccc1. The van der Waals surface area contributed by atoms with Gasteiger partial charge in [0.15, 0.2) is 5.78 Å². The molecule has 6 aromatic rings. The number of amides is 2. The number of pyridine rings is 1. The molecule has 0 spiro atoms. The Kier molecular flexibility index (Phi) is 32.7. The molecule has 0 aliphatic rings.